The third kappa shape index (κ3) is 6.27. The van der Waals surface area contributed by atoms with Gasteiger partial charge in [0.2, 0.25) is 0 Å². The Hall–Kier alpha value is -2.08. The summed E-state index contributed by atoms with van der Waals surface area (Å²) in [5, 5.41) is 21.1. The zero-order valence-corrected chi connectivity index (χ0v) is 12.4. The van der Waals surface area contributed by atoms with Gasteiger partial charge in [0.15, 0.2) is 6.10 Å². The van der Waals surface area contributed by atoms with E-state index in [0.29, 0.717) is 0 Å². The smallest absolute Gasteiger partial charge is 0.407 e. The van der Waals surface area contributed by atoms with Gasteiger partial charge in [-0.1, -0.05) is 30.3 Å². The van der Waals surface area contributed by atoms with E-state index >= 15 is 0 Å². The van der Waals surface area contributed by atoms with Crippen molar-refractivity contribution < 1.29 is 24.5 Å². The van der Waals surface area contributed by atoms with Gasteiger partial charge in [0.1, 0.15) is 5.60 Å². The van der Waals surface area contributed by atoms with Gasteiger partial charge in [0, 0.05) is 0 Å². The summed E-state index contributed by atoms with van der Waals surface area (Å²) < 4.78 is 5.08. The van der Waals surface area contributed by atoms with Crippen molar-refractivity contribution in [3.63, 3.8) is 0 Å². The number of aliphatic carboxylic acids is 1. The Kier molecular flexibility index (Phi) is 5.72. The number of hydrogen-bond acceptors (Lipinski definition) is 4. The Labute approximate surface area is 123 Å². The SMILES string of the molecule is CC(C)(C)OC(=O)N[C@H](Cc1ccccc1)[C@@H](O)C(=O)O. The molecule has 1 rings (SSSR count). The van der Waals surface area contributed by atoms with Crippen molar-refractivity contribution in [2.45, 2.75) is 44.9 Å². The normalized spacial score (nSPS) is 14.1. The fraction of sp³-hybridized carbons (Fsp3) is 0.467. The molecule has 1 aromatic carbocycles. The maximum Gasteiger partial charge on any atom is 0.407 e. The van der Waals surface area contributed by atoms with E-state index in [-0.39, 0.29) is 6.42 Å². The van der Waals surface area contributed by atoms with E-state index in [1.807, 2.05) is 6.07 Å². The largest absolute Gasteiger partial charge is 0.479 e. The molecule has 6 nitrogen and oxygen atoms in total. The van der Waals surface area contributed by atoms with Gasteiger partial charge in [-0.3, -0.25) is 0 Å². The van der Waals surface area contributed by atoms with Crippen LogP contribution in [0.15, 0.2) is 30.3 Å². The molecule has 0 aliphatic rings. The lowest BCUT2D eigenvalue weighted by Crippen LogP contribution is -2.49. The first-order chi connectivity index (χ1) is 9.69. The molecule has 0 aliphatic heterocycles. The zero-order valence-electron chi connectivity index (χ0n) is 12.4. The first kappa shape index (κ1) is 17.0. The van der Waals surface area contributed by atoms with E-state index < -0.39 is 29.8 Å². The van der Waals surface area contributed by atoms with E-state index in [1.165, 1.54) is 0 Å². The molecule has 0 aromatic heterocycles. The number of hydrogen-bond donors (Lipinski definition) is 3. The maximum absolute atomic E-state index is 11.7. The fourth-order valence-electron chi connectivity index (χ4n) is 1.74. The number of ether oxygens (including phenoxy) is 1. The Morgan fingerprint density at radius 1 is 1.24 bits per heavy atom. The highest BCUT2D eigenvalue weighted by Crippen LogP contribution is 2.10. The molecule has 6 heteroatoms. The number of aliphatic hydroxyl groups excluding tert-OH is 1. The van der Waals surface area contributed by atoms with Crippen LogP contribution in [-0.4, -0.2) is 40.0 Å². The van der Waals surface area contributed by atoms with Crippen molar-refractivity contribution in [1.29, 1.82) is 0 Å². The molecular weight excluding hydrogens is 274 g/mol. The summed E-state index contributed by atoms with van der Waals surface area (Å²) in [5.74, 6) is -1.40. The number of carbonyl (C=O) groups excluding carboxylic acids is 1. The van der Waals surface area contributed by atoms with Gasteiger partial charge in [-0.25, -0.2) is 9.59 Å². The Morgan fingerprint density at radius 3 is 2.29 bits per heavy atom. The predicted molar refractivity (Wildman–Crippen MR) is 76.9 cm³/mol. The Morgan fingerprint density at radius 2 is 1.81 bits per heavy atom. The van der Waals surface area contributed by atoms with Gasteiger partial charge in [-0.05, 0) is 32.8 Å². The third-order valence-corrected chi connectivity index (χ3v) is 2.63. The highest BCUT2D eigenvalue weighted by atomic mass is 16.6. The van der Waals surface area contributed by atoms with Crippen molar-refractivity contribution in [2.24, 2.45) is 0 Å². The van der Waals surface area contributed by atoms with Crippen LogP contribution in [0.25, 0.3) is 0 Å². The molecular formula is C15H21NO5. The van der Waals surface area contributed by atoms with E-state index in [1.54, 1.807) is 45.0 Å². The monoisotopic (exact) mass is 295 g/mol. The van der Waals surface area contributed by atoms with Gasteiger partial charge in [0.05, 0.1) is 6.04 Å². The van der Waals surface area contributed by atoms with Crippen LogP contribution in [0.1, 0.15) is 26.3 Å². The zero-order chi connectivity index (χ0) is 16.0. The topological polar surface area (TPSA) is 95.9 Å². The van der Waals surface area contributed by atoms with Crippen molar-refractivity contribution in [3.05, 3.63) is 35.9 Å². The first-order valence-electron chi connectivity index (χ1n) is 6.63. The van der Waals surface area contributed by atoms with E-state index in [0.717, 1.165) is 5.56 Å². The molecule has 0 radical (unpaired) electrons. The maximum atomic E-state index is 11.7. The second-order valence-corrected chi connectivity index (χ2v) is 5.73. The van der Waals surface area contributed by atoms with Crippen LogP contribution in [-0.2, 0) is 16.0 Å². The van der Waals surface area contributed by atoms with Crippen LogP contribution in [0.2, 0.25) is 0 Å². The van der Waals surface area contributed by atoms with Gasteiger partial charge in [0.25, 0.3) is 0 Å². The quantitative estimate of drug-likeness (QED) is 0.766. The second-order valence-electron chi connectivity index (χ2n) is 5.73. The van der Waals surface area contributed by atoms with Crippen molar-refractivity contribution >= 4 is 12.1 Å². The molecule has 1 amide bonds. The molecule has 2 atom stereocenters. The summed E-state index contributed by atoms with van der Waals surface area (Å²) in [6.45, 7) is 5.10. The number of benzene rings is 1. The van der Waals surface area contributed by atoms with Crippen molar-refractivity contribution in [3.8, 4) is 0 Å². The van der Waals surface area contributed by atoms with Crippen molar-refractivity contribution in [1.82, 2.24) is 5.32 Å². The average molecular weight is 295 g/mol. The van der Waals surface area contributed by atoms with Crippen LogP contribution >= 0.6 is 0 Å². The lowest BCUT2D eigenvalue weighted by Gasteiger charge is -2.25. The number of carboxylic acid groups (broad SMARTS) is 1. The molecule has 0 heterocycles. The fourth-order valence-corrected chi connectivity index (χ4v) is 1.74. The summed E-state index contributed by atoms with van der Waals surface area (Å²) in [6.07, 6.45) is -2.28. The molecule has 116 valence electrons. The van der Waals surface area contributed by atoms with Gasteiger partial charge >= 0.3 is 12.1 Å². The number of aliphatic hydroxyl groups is 1. The van der Waals surface area contributed by atoms with Crippen LogP contribution in [0.5, 0.6) is 0 Å². The third-order valence-electron chi connectivity index (χ3n) is 2.63. The van der Waals surface area contributed by atoms with E-state index in [9.17, 15) is 14.7 Å². The van der Waals surface area contributed by atoms with Crippen LogP contribution in [0.3, 0.4) is 0 Å². The molecule has 0 unspecified atom stereocenters. The number of nitrogens with one attached hydrogen (secondary N) is 1. The van der Waals surface area contributed by atoms with E-state index in [2.05, 4.69) is 5.32 Å². The molecule has 0 aliphatic carbocycles. The molecule has 0 saturated carbocycles. The highest BCUT2D eigenvalue weighted by molar-refractivity contribution is 5.75. The molecule has 1 aromatic rings. The van der Waals surface area contributed by atoms with Crippen LogP contribution in [0.4, 0.5) is 4.79 Å². The summed E-state index contributed by atoms with van der Waals surface area (Å²) in [5.41, 5.74) is 0.106. The molecule has 0 fully saturated rings. The number of carboxylic acids is 1. The number of rotatable bonds is 5. The summed E-state index contributed by atoms with van der Waals surface area (Å²) >= 11 is 0. The number of amides is 1. The minimum absolute atomic E-state index is 0.188. The molecule has 0 bridgehead atoms. The lowest BCUT2D eigenvalue weighted by molar-refractivity contribution is -0.148. The second kappa shape index (κ2) is 7.08. The molecule has 0 spiro atoms. The highest BCUT2D eigenvalue weighted by Gasteiger charge is 2.29. The van der Waals surface area contributed by atoms with Gasteiger partial charge < -0.3 is 20.3 Å². The Bertz CT molecular complexity index is 481. The number of carbonyl (C=O) groups is 2. The minimum Gasteiger partial charge on any atom is -0.479 e. The van der Waals surface area contributed by atoms with E-state index in [4.69, 9.17) is 9.84 Å². The van der Waals surface area contributed by atoms with Gasteiger partial charge in [-0.2, -0.15) is 0 Å². The lowest BCUT2D eigenvalue weighted by atomic mass is 10.0. The van der Waals surface area contributed by atoms with Crippen molar-refractivity contribution in [2.75, 3.05) is 0 Å². The average Bonchev–Trinajstić information content (AvgIpc) is 2.36. The predicted octanol–water partition coefficient (Wildman–Crippen LogP) is 1.57. The standard InChI is InChI=1S/C15H21NO5/c1-15(2,3)21-14(20)16-11(12(17)13(18)19)9-10-7-5-4-6-8-10/h4-8,11-12,17H,9H2,1-3H3,(H,16,20)(H,18,19)/t11-,12-/m1/s1. The molecule has 0 saturated heterocycles. The molecule has 21 heavy (non-hydrogen) atoms. The first-order valence-corrected chi connectivity index (χ1v) is 6.63. The minimum atomic E-state index is -1.71. The summed E-state index contributed by atoms with van der Waals surface area (Å²) in [6, 6.07) is 8.03. The summed E-state index contributed by atoms with van der Waals surface area (Å²) in [7, 11) is 0. The van der Waals surface area contributed by atoms with Crippen LogP contribution in [0, 0.1) is 0 Å². The Balaban J connectivity index is 2.78. The van der Waals surface area contributed by atoms with Gasteiger partial charge in [-0.15, -0.1) is 0 Å². The summed E-state index contributed by atoms with van der Waals surface area (Å²) in [4.78, 5) is 22.7. The molecule has 3 N–H and O–H groups in total. The van der Waals surface area contributed by atoms with Crippen LogP contribution < -0.4 is 5.32 Å². The number of alkyl carbamates (subject to hydrolysis) is 1.